The summed E-state index contributed by atoms with van der Waals surface area (Å²) in [4.78, 5) is 0. The molecule has 1 aliphatic carbocycles. The Morgan fingerprint density at radius 1 is 1.26 bits per heavy atom. The minimum absolute atomic E-state index is 0.120. The molecule has 5 heteroatoms. The zero-order chi connectivity index (χ0) is 14.1. The van der Waals surface area contributed by atoms with Gasteiger partial charge in [0.1, 0.15) is 5.82 Å². The molecule has 106 valence electrons. The van der Waals surface area contributed by atoms with Gasteiger partial charge in [-0.1, -0.05) is 24.6 Å². The molecule has 19 heavy (non-hydrogen) atoms. The van der Waals surface area contributed by atoms with Crippen molar-refractivity contribution in [3.63, 3.8) is 0 Å². The Bertz CT molecular complexity index is 443. The van der Waals surface area contributed by atoms with E-state index in [1.54, 1.807) is 18.2 Å². The van der Waals surface area contributed by atoms with Crippen molar-refractivity contribution in [2.24, 2.45) is 11.7 Å². The molecule has 0 aliphatic heterocycles. The van der Waals surface area contributed by atoms with Gasteiger partial charge < -0.3 is 5.73 Å². The Kier molecular flexibility index (Phi) is 3.85. The first kappa shape index (κ1) is 14.3. The van der Waals surface area contributed by atoms with Gasteiger partial charge >= 0.3 is 6.18 Å². The van der Waals surface area contributed by atoms with E-state index < -0.39 is 23.5 Å². The average molecular weight is 275 g/mol. The molecule has 1 aromatic rings. The first-order valence-corrected chi connectivity index (χ1v) is 6.39. The second kappa shape index (κ2) is 5.12. The number of rotatable bonds is 2. The van der Waals surface area contributed by atoms with Crippen LogP contribution in [-0.2, 0) is 6.42 Å². The highest BCUT2D eigenvalue weighted by atomic mass is 19.4. The number of alkyl halides is 3. The number of halogens is 4. The van der Waals surface area contributed by atoms with Crippen molar-refractivity contribution in [3.8, 4) is 0 Å². The smallest absolute Gasteiger partial charge is 0.325 e. The quantitative estimate of drug-likeness (QED) is 0.816. The van der Waals surface area contributed by atoms with Crippen LogP contribution in [0.4, 0.5) is 17.6 Å². The van der Waals surface area contributed by atoms with E-state index in [-0.39, 0.29) is 19.3 Å². The van der Waals surface area contributed by atoms with Crippen molar-refractivity contribution < 1.29 is 17.6 Å². The minimum atomic E-state index is -4.21. The molecule has 0 aromatic heterocycles. The predicted molar refractivity (Wildman–Crippen MR) is 65.0 cm³/mol. The van der Waals surface area contributed by atoms with E-state index in [0.29, 0.717) is 18.4 Å². The lowest BCUT2D eigenvalue weighted by atomic mass is 9.73. The fraction of sp³-hybridized carbons (Fsp3) is 0.571. The maximum Gasteiger partial charge on any atom is 0.391 e. The van der Waals surface area contributed by atoms with Crippen LogP contribution in [0.2, 0.25) is 0 Å². The van der Waals surface area contributed by atoms with Crippen LogP contribution >= 0.6 is 0 Å². The zero-order valence-corrected chi connectivity index (χ0v) is 10.5. The first-order chi connectivity index (χ1) is 8.80. The van der Waals surface area contributed by atoms with Crippen LogP contribution < -0.4 is 5.73 Å². The number of nitrogens with two attached hydrogens (primary N) is 1. The van der Waals surface area contributed by atoms with Gasteiger partial charge in [0.25, 0.3) is 0 Å². The number of hydrogen-bond acceptors (Lipinski definition) is 1. The van der Waals surface area contributed by atoms with E-state index in [1.165, 1.54) is 6.07 Å². The molecule has 2 rings (SSSR count). The molecule has 0 bridgehead atoms. The van der Waals surface area contributed by atoms with Crippen LogP contribution in [0, 0.1) is 11.7 Å². The summed E-state index contributed by atoms with van der Waals surface area (Å²) in [6, 6.07) is 6.12. The van der Waals surface area contributed by atoms with Crippen molar-refractivity contribution in [2.45, 2.75) is 43.8 Å². The van der Waals surface area contributed by atoms with E-state index in [9.17, 15) is 17.6 Å². The van der Waals surface area contributed by atoms with Crippen LogP contribution in [0.15, 0.2) is 24.3 Å². The highest BCUT2D eigenvalue weighted by Crippen LogP contribution is 2.42. The van der Waals surface area contributed by atoms with Crippen molar-refractivity contribution in [3.05, 3.63) is 35.6 Å². The normalized spacial score (nSPS) is 28.4. The Labute approximate surface area is 109 Å². The first-order valence-electron chi connectivity index (χ1n) is 6.39. The zero-order valence-electron chi connectivity index (χ0n) is 10.5. The molecule has 0 spiro atoms. The van der Waals surface area contributed by atoms with Gasteiger partial charge in [0.2, 0.25) is 0 Å². The maximum atomic E-state index is 13.6. The highest BCUT2D eigenvalue weighted by molar-refractivity contribution is 5.20. The lowest BCUT2D eigenvalue weighted by Gasteiger charge is -2.39. The molecule has 0 amide bonds. The van der Waals surface area contributed by atoms with Gasteiger partial charge in [-0.3, -0.25) is 0 Å². The predicted octanol–water partition coefficient (Wildman–Crippen LogP) is 3.82. The third-order valence-corrected chi connectivity index (χ3v) is 3.84. The Hall–Kier alpha value is -1.10. The number of benzene rings is 1. The SMILES string of the molecule is NC1(Cc2ccccc2F)CCCC(C(F)(F)F)C1. The Morgan fingerprint density at radius 2 is 1.95 bits per heavy atom. The van der Waals surface area contributed by atoms with Gasteiger partial charge in [-0.15, -0.1) is 0 Å². The van der Waals surface area contributed by atoms with Crippen LogP contribution in [0.1, 0.15) is 31.2 Å². The van der Waals surface area contributed by atoms with Gasteiger partial charge in [-0.25, -0.2) is 4.39 Å². The minimum Gasteiger partial charge on any atom is -0.325 e. The molecular formula is C14H17F4N. The second-order valence-corrected chi connectivity index (χ2v) is 5.47. The maximum absolute atomic E-state index is 13.6. The summed E-state index contributed by atoms with van der Waals surface area (Å²) in [5.41, 5.74) is 5.52. The lowest BCUT2D eigenvalue weighted by Crippen LogP contribution is -2.49. The lowest BCUT2D eigenvalue weighted by molar-refractivity contribution is -0.187. The van der Waals surface area contributed by atoms with E-state index in [1.807, 2.05) is 0 Å². The molecular weight excluding hydrogens is 258 g/mol. The largest absolute Gasteiger partial charge is 0.391 e. The monoisotopic (exact) mass is 275 g/mol. The van der Waals surface area contributed by atoms with Gasteiger partial charge in [0.05, 0.1) is 5.92 Å². The summed E-state index contributed by atoms with van der Waals surface area (Å²) in [5, 5.41) is 0. The molecule has 1 saturated carbocycles. The van der Waals surface area contributed by atoms with E-state index in [4.69, 9.17) is 5.73 Å². The van der Waals surface area contributed by atoms with Gasteiger partial charge in [-0.2, -0.15) is 13.2 Å². The summed E-state index contributed by atoms with van der Waals surface area (Å²) in [5.74, 6) is -1.76. The van der Waals surface area contributed by atoms with Crippen molar-refractivity contribution in [2.75, 3.05) is 0 Å². The summed E-state index contributed by atoms with van der Waals surface area (Å²) in [7, 11) is 0. The van der Waals surface area contributed by atoms with E-state index >= 15 is 0 Å². The third-order valence-electron chi connectivity index (χ3n) is 3.84. The molecule has 1 aromatic carbocycles. The second-order valence-electron chi connectivity index (χ2n) is 5.47. The summed E-state index contributed by atoms with van der Waals surface area (Å²) < 4.78 is 51.9. The summed E-state index contributed by atoms with van der Waals surface area (Å²) in [6.07, 6.45) is -3.10. The number of hydrogen-bond donors (Lipinski definition) is 1. The van der Waals surface area contributed by atoms with E-state index in [2.05, 4.69) is 0 Å². The molecule has 0 heterocycles. The van der Waals surface area contributed by atoms with Gasteiger partial charge in [-0.05, 0) is 37.3 Å². The summed E-state index contributed by atoms with van der Waals surface area (Å²) >= 11 is 0. The van der Waals surface area contributed by atoms with Crippen LogP contribution in [0.25, 0.3) is 0 Å². The standard InChI is InChI=1S/C14H17F4N/c15-12-6-2-1-4-10(12)8-13(19)7-3-5-11(9-13)14(16,17)18/h1-2,4,6,11H,3,5,7-9,19H2. The molecule has 1 nitrogen and oxygen atoms in total. The Morgan fingerprint density at radius 3 is 2.58 bits per heavy atom. The van der Waals surface area contributed by atoms with Crippen LogP contribution in [0.5, 0.6) is 0 Å². The van der Waals surface area contributed by atoms with Gasteiger partial charge in [0, 0.05) is 5.54 Å². The van der Waals surface area contributed by atoms with Crippen molar-refractivity contribution >= 4 is 0 Å². The third kappa shape index (κ3) is 3.47. The molecule has 2 unspecified atom stereocenters. The van der Waals surface area contributed by atoms with Gasteiger partial charge in [0.15, 0.2) is 0 Å². The molecule has 2 atom stereocenters. The molecule has 2 N–H and O–H groups in total. The molecule has 0 saturated heterocycles. The van der Waals surface area contributed by atoms with Crippen molar-refractivity contribution in [1.82, 2.24) is 0 Å². The van der Waals surface area contributed by atoms with E-state index in [0.717, 1.165) is 0 Å². The Balaban J connectivity index is 2.12. The average Bonchev–Trinajstić information content (AvgIpc) is 2.31. The van der Waals surface area contributed by atoms with Crippen LogP contribution in [-0.4, -0.2) is 11.7 Å². The highest BCUT2D eigenvalue weighted by Gasteiger charge is 2.46. The van der Waals surface area contributed by atoms with Crippen molar-refractivity contribution in [1.29, 1.82) is 0 Å². The fourth-order valence-electron chi connectivity index (χ4n) is 2.86. The fourth-order valence-corrected chi connectivity index (χ4v) is 2.86. The summed E-state index contributed by atoms with van der Waals surface area (Å²) in [6.45, 7) is 0. The molecule has 0 radical (unpaired) electrons. The van der Waals surface area contributed by atoms with Crippen LogP contribution in [0.3, 0.4) is 0 Å². The molecule has 1 aliphatic rings. The molecule has 1 fully saturated rings. The topological polar surface area (TPSA) is 26.0 Å².